The van der Waals surface area contributed by atoms with Crippen LogP contribution in [0.3, 0.4) is 0 Å². The fourth-order valence-electron chi connectivity index (χ4n) is 2.12. The summed E-state index contributed by atoms with van der Waals surface area (Å²) in [7, 11) is -1.03. The summed E-state index contributed by atoms with van der Waals surface area (Å²) in [6, 6.07) is 8.81. The van der Waals surface area contributed by atoms with Gasteiger partial charge in [-0.3, -0.25) is 0 Å². The molecule has 1 aromatic rings. The largest absolute Gasteiger partial charge is 0.0693 e. The second-order valence-corrected chi connectivity index (χ2v) is 11.4. The maximum Gasteiger partial charge on any atom is 0.0477 e. The molecule has 0 spiro atoms. The summed E-state index contributed by atoms with van der Waals surface area (Å²) < 4.78 is 0. The maximum atomic E-state index is 2.46. The van der Waals surface area contributed by atoms with Crippen LogP contribution in [0, 0.1) is 6.92 Å². The molecule has 0 saturated carbocycles. The van der Waals surface area contributed by atoms with E-state index in [9.17, 15) is 0 Å². The molecule has 2 atom stereocenters. The van der Waals surface area contributed by atoms with E-state index in [4.69, 9.17) is 0 Å². The average Bonchev–Trinajstić information content (AvgIpc) is 2.15. The molecule has 0 aliphatic carbocycles. The van der Waals surface area contributed by atoms with E-state index in [0.29, 0.717) is 5.92 Å². The third-order valence-electron chi connectivity index (χ3n) is 3.80. The third kappa shape index (κ3) is 2.94. The van der Waals surface area contributed by atoms with Crippen LogP contribution in [0.4, 0.5) is 0 Å². The normalized spacial score (nSPS) is 16.1. The molecule has 0 bridgehead atoms. The van der Waals surface area contributed by atoms with E-state index in [1.807, 2.05) is 0 Å². The molecule has 1 rings (SSSR count). The van der Waals surface area contributed by atoms with Gasteiger partial charge < -0.3 is 0 Å². The minimum atomic E-state index is -1.03. The maximum absolute atomic E-state index is 2.46. The zero-order valence-electron chi connectivity index (χ0n) is 11.0. The number of hydrogen-bond donors (Lipinski definition) is 0. The third-order valence-corrected chi connectivity index (χ3v) is 7.03. The lowest BCUT2D eigenvalue weighted by molar-refractivity contribution is 0.703. The first-order chi connectivity index (χ1) is 6.84. The van der Waals surface area contributed by atoms with Gasteiger partial charge >= 0.3 is 0 Å². The van der Waals surface area contributed by atoms with Crippen molar-refractivity contribution in [3.05, 3.63) is 35.4 Å². The SMILES string of the molecule is Cc1ccccc1[C@H](C)[C@H](C)[Si](C)(C)C. The zero-order valence-corrected chi connectivity index (χ0v) is 12.0. The predicted molar refractivity (Wildman–Crippen MR) is 72.4 cm³/mol. The van der Waals surface area contributed by atoms with E-state index in [-0.39, 0.29) is 0 Å². The van der Waals surface area contributed by atoms with Crippen molar-refractivity contribution in [2.24, 2.45) is 0 Å². The molecule has 84 valence electrons. The molecule has 1 heteroatoms. The smallest absolute Gasteiger partial charge is 0.0477 e. The Morgan fingerprint density at radius 2 is 1.53 bits per heavy atom. The average molecular weight is 220 g/mol. The molecule has 0 aliphatic heterocycles. The van der Waals surface area contributed by atoms with Crippen molar-refractivity contribution in [3.8, 4) is 0 Å². The topological polar surface area (TPSA) is 0 Å². The minimum Gasteiger partial charge on any atom is -0.0693 e. The monoisotopic (exact) mass is 220 g/mol. The molecular formula is C14H24Si. The van der Waals surface area contributed by atoms with Crippen LogP contribution in [0.2, 0.25) is 25.2 Å². The minimum absolute atomic E-state index is 0.692. The number of hydrogen-bond acceptors (Lipinski definition) is 0. The number of aryl methyl sites for hydroxylation is 1. The summed E-state index contributed by atoms with van der Waals surface area (Å²) in [5.74, 6) is 0.692. The Morgan fingerprint density at radius 1 is 1.00 bits per heavy atom. The van der Waals surface area contributed by atoms with E-state index >= 15 is 0 Å². The molecule has 0 fully saturated rings. The van der Waals surface area contributed by atoms with Gasteiger partial charge in [0.25, 0.3) is 0 Å². The van der Waals surface area contributed by atoms with Gasteiger partial charge in [0.05, 0.1) is 0 Å². The molecule has 0 unspecified atom stereocenters. The molecular weight excluding hydrogens is 196 g/mol. The van der Waals surface area contributed by atoms with Crippen LogP contribution >= 0.6 is 0 Å². The fourth-order valence-corrected chi connectivity index (χ4v) is 3.80. The first-order valence-corrected chi connectivity index (χ1v) is 9.47. The second-order valence-electron chi connectivity index (χ2n) is 5.80. The van der Waals surface area contributed by atoms with E-state index < -0.39 is 8.07 Å². The lowest BCUT2D eigenvalue weighted by atomic mass is 9.94. The van der Waals surface area contributed by atoms with Crippen molar-refractivity contribution >= 4 is 8.07 Å². The summed E-state index contributed by atoms with van der Waals surface area (Å²) in [4.78, 5) is 0. The summed E-state index contributed by atoms with van der Waals surface area (Å²) in [6.07, 6.45) is 0. The highest BCUT2D eigenvalue weighted by Gasteiger charge is 2.28. The molecule has 0 aromatic heterocycles. The van der Waals surface area contributed by atoms with Crippen LogP contribution in [0.5, 0.6) is 0 Å². The summed E-state index contributed by atoms with van der Waals surface area (Å²) in [5, 5.41) is 0. The molecule has 0 amide bonds. The Bertz CT molecular complexity index is 322. The first-order valence-electron chi connectivity index (χ1n) is 5.89. The van der Waals surface area contributed by atoms with Crippen LogP contribution in [-0.2, 0) is 0 Å². The van der Waals surface area contributed by atoms with Crippen molar-refractivity contribution in [2.75, 3.05) is 0 Å². The van der Waals surface area contributed by atoms with Crippen LogP contribution in [0.1, 0.15) is 30.9 Å². The van der Waals surface area contributed by atoms with Gasteiger partial charge in [-0.05, 0) is 29.5 Å². The zero-order chi connectivity index (χ0) is 11.6. The number of benzene rings is 1. The Kier molecular flexibility index (Phi) is 3.77. The number of rotatable bonds is 3. The van der Waals surface area contributed by atoms with Crippen LogP contribution in [0.15, 0.2) is 24.3 Å². The molecule has 1 aromatic carbocycles. The molecule has 0 heterocycles. The summed E-state index contributed by atoms with van der Waals surface area (Å²) >= 11 is 0. The molecule has 0 radical (unpaired) electrons. The molecule has 0 N–H and O–H groups in total. The summed E-state index contributed by atoms with van der Waals surface area (Å²) in [6.45, 7) is 14.4. The predicted octanol–water partition coefficient (Wildman–Crippen LogP) is 4.83. The summed E-state index contributed by atoms with van der Waals surface area (Å²) in [5.41, 5.74) is 3.81. The lowest BCUT2D eigenvalue weighted by Crippen LogP contribution is -2.29. The van der Waals surface area contributed by atoms with Crippen molar-refractivity contribution in [1.82, 2.24) is 0 Å². The Labute approximate surface area is 95.7 Å². The van der Waals surface area contributed by atoms with Crippen molar-refractivity contribution < 1.29 is 0 Å². The Balaban J connectivity index is 2.95. The highest BCUT2D eigenvalue weighted by atomic mass is 28.3. The first kappa shape index (κ1) is 12.5. The lowest BCUT2D eigenvalue weighted by Gasteiger charge is -2.31. The van der Waals surface area contributed by atoms with E-state index in [2.05, 4.69) is 64.7 Å². The van der Waals surface area contributed by atoms with Gasteiger partial charge in [0, 0.05) is 8.07 Å². The fraction of sp³-hybridized carbons (Fsp3) is 0.571. The molecule has 0 nitrogen and oxygen atoms in total. The van der Waals surface area contributed by atoms with Crippen LogP contribution < -0.4 is 0 Å². The second kappa shape index (κ2) is 4.52. The van der Waals surface area contributed by atoms with Gasteiger partial charge in [-0.2, -0.15) is 0 Å². The van der Waals surface area contributed by atoms with Crippen LogP contribution in [-0.4, -0.2) is 8.07 Å². The Morgan fingerprint density at radius 3 is 2.00 bits per heavy atom. The quantitative estimate of drug-likeness (QED) is 0.640. The highest BCUT2D eigenvalue weighted by Crippen LogP contribution is 2.37. The molecule has 0 saturated heterocycles. The van der Waals surface area contributed by atoms with Gasteiger partial charge in [-0.25, -0.2) is 0 Å². The standard InChI is InChI=1S/C14H24Si/c1-11-9-7-8-10-14(11)12(2)13(3)15(4,5)6/h7-10,12-13H,1-6H3/t12-,13+/m1/s1. The van der Waals surface area contributed by atoms with Crippen LogP contribution in [0.25, 0.3) is 0 Å². The van der Waals surface area contributed by atoms with Crippen molar-refractivity contribution in [1.29, 1.82) is 0 Å². The van der Waals surface area contributed by atoms with E-state index in [1.54, 1.807) is 0 Å². The Hall–Kier alpha value is -0.563. The van der Waals surface area contributed by atoms with E-state index in [0.717, 1.165) is 5.54 Å². The van der Waals surface area contributed by atoms with Gasteiger partial charge in [-0.15, -0.1) is 0 Å². The van der Waals surface area contributed by atoms with E-state index in [1.165, 1.54) is 11.1 Å². The molecule has 15 heavy (non-hydrogen) atoms. The van der Waals surface area contributed by atoms with Gasteiger partial charge in [0.15, 0.2) is 0 Å². The van der Waals surface area contributed by atoms with Gasteiger partial charge in [0.2, 0.25) is 0 Å². The molecule has 0 aliphatic rings. The van der Waals surface area contributed by atoms with Gasteiger partial charge in [-0.1, -0.05) is 57.8 Å². The highest BCUT2D eigenvalue weighted by molar-refractivity contribution is 6.77. The van der Waals surface area contributed by atoms with Gasteiger partial charge in [0.1, 0.15) is 0 Å². The van der Waals surface area contributed by atoms with Crippen molar-refractivity contribution in [2.45, 2.75) is 51.9 Å². The van der Waals surface area contributed by atoms with Crippen molar-refractivity contribution in [3.63, 3.8) is 0 Å².